The zero-order valence-corrected chi connectivity index (χ0v) is 16.6. The Hall–Kier alpha value is -1.89. The molecule has 4 rings (SSSR count). The molecular weight excluding hydrogens is 358 g/mol. The number of likely N-dealkylation sites (tertiary alicyclic amines) is 1. The van der Waals surface area contributed by atoms with Gasteiger partial charge in [-0.1, -0.05) is 36.4 Å². The van der Waals surface area contributed by atoms with Crippen LogP contribution in [0.5, 0.6) is 0 Å². The van der Waals surface area contributed by atoms with E-state index in [0.717, 1.165) is 56.6 Å². The van der Waals surface area contributed by atoms with Gasteiger partial charge in [-0.15, -0.1) is 0 Å². The Labute approximate surface area is 161 Å². The molecule has 2 aromatic rings. The van der Waals surface area contributed by atoms with Crippen molar-refractivity contribution in [3.8, 4) is 0 Å². The van der Waals surface area contributed by atoms with E-state index in [1.54, 1.807) is 6.07 Å². The average Bonchev–Trinajstić information content (AvgIpc) is 2.65. The molecule has 0 atom stereocenters. The van der Waals surface area contributed by atoms with Crippen molar-refractivity contribution >= 4 is 15.7 Å². The van der Waals surface area contributed by atoms with Crippen LogP contribution in [0.4, 0.5) is 5.69 Å². The molecule has 2 aliphatic rings. The first kappa shape index (κ1) is 18.5. The Morgan fingerprint density at radius 2 is 1.81 bits per heavy atom. The molecule has 27 heavy (non-hydrogen) atoms. The fourth-order valence-electron chi connectivity index (χ4n) is 4.09. The molecule has 144 valence electrons. The predicted octanol–water partition coefficient (Wildman–Crippen LogP) is 3.12. The molecule has 1 saturated heterocycles. The summed E-state index contributed by atoms with van der Waals surface area (Å²) in [6, 6.07) is 16.1. The zero-order valence-electron chi connectivity index (χ0n) is 15.7. The molecule has 5 nitrogen and oxygen atoms in total. The van der Waals surface area contributed by atoms with Crippen molar-refractivity contribution in [1.82, 2.24) is 9.62 Å². The van der Waals surface area contributed by atoms with Gasteiger partial charge in [-0.25, -0.2) is 8.42 Å². The van der Waals surface area contributed by atoms with Gasteiger partial charge < -0.3 is 10.2 Å². The maximum absolute atomic E-state index is 12.7. The number of nitrogens with zero attached hydrogens (tertiary/aromatic N) is 1. The molecule has 2 aliphatic heterocycles. The van der Waals surface area contributed by atoms with Crippen LogP contribution >= 0.6 is 0 Å². The molecule has 0 aromatic heterocycles. The molecule has 0 aliphatic carbocycles. The van der Waals surface area contributed by atoms with E-state index in [0.29, 0.717) is 4.90 Å². The molecule has 0 radical (unpaired) electrons. The summed E-state index contributed by atoms with van der Waals surface area (Å²) in [4.78, 5) is 2.80. The predicted molar refractivity (Wildman–Crippen MR) is 108 cm³/mol. The molecule has 0 unspecified atom stereocenters. The van der Waals surface area contributed by atoms with E-state index in [9.17, 15) is 8.42 Å². The lowest BCUT2D eigenvalue weighted by molar-refractivity contribution is 0.164. The highest BCUT2D eigenvalue weighted by Crippen LogP contribution is 2.35. The molecule has 1 fully saturated rings. The SMILES string of the molecule is Cc1ccc2c(c1)S(=O)(=O)NC1(CCN(CCCc3ccccc3)CC1)N2. The molecule has 0 bridgehead atoms. The number of fused-ring (bicyclic) bond motifs is 1. The Balaban J connectivity index is 1.36. The Morgan fingerprint density at radius 3 is 2.56 bits per heavy atom. The summed E-state index contributed by atoms with van der Waals surface area (Å²) in [5.74, 6) is 0. The standard InChI is InChI=1S/C21H27N3O2S/c1-17-9-10-19-20(16-17)27(25,26)23-21(22-19)11-14-24(15-12-21)13-5-8-18-6-3-2-4-7-18/h2-4,6-7,9-10,16,22-23H,5,8,11-15H2,1H3. The Morgan fingerprint density at radius 1 is 1.07 bits per heavy atom. The van der Waals surface area contributed by atoms with Crippen molar-refractivity contribution in [3.63, 3.8) is 0 Å². The second kappa shape index (κ2) is 7.26. The van der Waals surface area contributed by atoms with Gasteiger partial charge in [0.1, 0.15) is 10.6 Å². The first-order valence-corrected chi connectivity index (χ1v) is 11.1. The number of hydrogen-bond acceptors (Lipinski definition) is 4. The third-order valence-corrected chi connectivity index (χ3v) is 7.20. The van der Waals surface area contributed by atoms with Gasteiger partial charge in [0.15, 0.2) is 0 Å². The second-order valence-electron chi connectivity index (χ2n) is 7.74. The van der Waals surface area contributed by atoms with Crippen molar-refractivity contribution in [3.05, 3.63) is 59.7 Å². The van der Waals surface area contributed by atoms with Crippen LogP contribution in [0.25, 0.3) is 0 Å². The summed E-state index contributed by atoms with van der Waals surface area (Å²) in [5.41, 5.74) is 2.48. The number of nitrogens with one attached hydrogen (secondary N) is 2. The largest absolute Gasteiger partial charge is 0.365 e. The minimum Gasteiger partial charge on any atom is -0.365 e. The summed E-state index contributed by atoms with van der Waals surface area (Å²) in [7, 11) is -3.47. The molecule has 2 heterocycles. The van der Waals surface area contributed by atoms with Gasteiger partial charge in [0.2, 0.25) is 10.0 Å². The average molecular weight is 386 g/mol. The normalized spacial score (nSPS) is 20.8. The molecule has 6 heteroatoms. The van der Waals surface area contributed by atoms with Gasteiger partial charge in [-0.2, -0.15) is 4.72 Å². The van der Waals surface area contributed by atoms with E-state index in [2.05, 4.69) is 39.2 Å². The number of anilines is 1. The first-order chi connectivity index (χ1) is 13.0. The lowest BCUT2D eigenvalue weighted by atomic mass is 9.96. The Bertz CT molecular complexity index is 904. The lowest BCUT2D eigenvalue weighted by Crippen LogP contribution is -2.62. The van der Waals surface area contributed by atoms with Gasteiger partial charge in [-0.3, -0.25) is 0 Å². The summed E-state index contributed by atoms with van der Waals surface area (Å²) >= 11 is 0. The highest BCUT2D eigenvalue weighted by molar-refractivity contribution is 7.89. The molecular formula is C21H27N3O2S. The van der Waals surface area contributed by atoms with Crippen molar-refractivity contribution in [2.24, 2.45) is 0 Å². The van der Waals surface area contributed by atoms with Crippen molar-refractivity contribution < 1.29 is 8.42 Å². The highest BCUT2D eigenvalue weighted by Gasteiger charge is 2.42. The number of hydrogen-bond donors (Lipinski definition) is 2. The van der Waals surface area contributed by atoms with Crippen LogP contribution in [0.1, 0.15) is 30.4 Å². The van der Waals surface area contributed by atoms with Crippen molar-refractivity contribution in [2.75, 3.05) is 25.0 Å². The first-order valence-electron chi connectivity index (χ1n) is 9.65. The topological polar surface area (TPSA) is 61.4 Å². The highest BCUT2D eigenvalue weighted by atomic mass is 32.2. The minimum atomic E-state index is -3.47. The number of benzene rings is 2. The fraction of sp³-hybridized carbons (Fsp3) is 0.429. The Kier molecular flexibility index (Phi) is 4.97. The number of piperidine rings is 1. The van der Waals surface area contributed by atoms with E-state index >= 15 is 0 Å². The zero-order chi connectivity index (χ0) is 18.9. The minimum absolute atomic E-state index is 0.360. The monoisotopic (exact) mass is 385 g/mol. The third-order valence-electron chi connectivity index (χ3n) is 5.62. The maximum Gasteiger partial charge on any atom is 0.244 e. The van der Waals surface area contributed by atoms with Crippen LogP contribution in [-0.2, 0) is 16.4 Å². The molecule has 1 spiro atoms. The lowest BCUT2D eigenvalue weighted by Gasteiger charge is -2.45. The van der Waals surface area contributed by atoms with Gasteiger partial charge in [0, 0.05) is 13.1 Å². The summed E-state index contributed by atoms with van der Waals surface area (Å²) in [6.07, 6.45) is 3.74. The summed E-state index contributed by atoms with van der Waals surface area (Å²) < 4.78 is 28.4. The van der Waals surface area contributed by atoms with E-state index in [4.69, 9.17) is 0 Å². The molecule has 0 amide bonds. The van der Waals surface area contributed by atoms with Crippen molar-refractivity contribution in [1.29, 1.82) is 0 Å². The van der Waals surface area contributed by atoms with Gasteiger partial charge in [0.25, 0.3) is 0 Å². The van der Waals surface area contributed by atoms with Gasteiger partial charge in [-0.05, 0) is 62.4 Å². The quantitative estimate of drug-likeness (QED) is 0.849. The van der Waals surface area contributed by atoms with Crippen LogP contribution in [0, 0.1) is 6.92 Å². The maximum atomic E-state index is 12.7. The van der Waals surface area contributed by atoms with Crippen LogP contribution < -0.4 is 10.0 Å². The fourth-order valence-corrected chi connectivity index (χ4v) is 5.72. The van der Waals surface area contributed by atoms with Crippen LogP contribution in [0.15, 0.2) is 53.4 Å². The van der Waals surface area contributed by atoms with Crippen molar-refractivity contribution in [2.45, 2.75) is 43.2 Å². The second-order valence-corrected chi connectivity index (χ2v) is 9.39. The molecule has 2 aromatic carbocycles. The summed E-state index contributed by atoms with van der Waals surface area (Å²) in [5, 5.41) is 3.48. The number of sulfonamides is 1. The van der Waals surface area contributed by atoms with Crippen LogP contribution in [-0.4, -0.2) is 38.6 Å². The summed E-state index contributed by atoms with van der Waals surface area (Å²) in [6.45, 7) is 4.75. The smallest absolute Gasteiger partial charge is 0.244 e. The van der Waals surface area contributed by atoms with E-state index < -0.39 is 15.7 Å². The van der Waals surface area contributed by atoms with Gasteiger partial charge >= 0.3 is 0 Å². The van der Waals surface area contributed by atoms with E-state index in [1.165, 1.54) is 5.56 Å². The number of aryl methyl sites for hydroxylation is 2. The molecule has 0 saturated carbocycles. The number of rotatable bonds is 4. The third kappa shape index (κ3) is 4.03. The van der Waals surface area contributed by atoms with Crippen LogP contribution in [0.3, 0.4) is 0 Å². The van der Waals surface area contributed by atoms with Gasteiger partial charge in [0.05, 0.1) is 5.69 Å². The molecule has 2 N–H and O–H groups in total. The van der Waals surface area contributed by atoms with E-state index in [-0.39, 0.29) is 0 Å². The van der Waals surface area contributed by atoms with E-state index in [1.807, 2.05) is 25.1 Å². The van der Waals surface area contributed by atoms with Crippen LogP contribution in [0.2, 0.25) is 0 Å².